The molecule has 1 saturated heterocycles. The Morgan fingerprint density at radius 2 is 1.88 bits per heavy atom. The maximum Gasteiger partial charge on any atom is 0.269 e. The molecule has 0 bridgehead atoms. The molecule has 0 spiro atoms. The molecular weight excluding hydrogens is 310 g/mol. The molecule has 0 N–H and O–H groups in total. The molecule has 0 amide bonds. The highest BCUT2D eigenvalue weighted by Gasteiger charge is 2.35. The number of hydroxylamine groups is 1. The second-order valence-corrected chi connectivity index (χ2v) is 5.36. The number of nitriles is 1. The first-order chi connectivity index (χ1) is 11.6. The minimum absolute atomic E-state index is 0.0105. The number of anilines is 1. The number of benzene rings is 2. The first-order valence-electron chi connectivity index (χ1n) is 7.27. The van der Waals surface area contributed by atoms with E-state index in [1.807, 2.05) is 0 Å². The first kappa shape index (κ1) is 15.6. The number of hydrogen-bond acceptors (Lipinski definition) is 6. The van der Waals surface area contributed by atoms with Crippen molar-refractivity contribution in [3.05, 3.63) is 69.8 Å². The maximum absolute atomic E-state index is 10.8. The van der Waals surface area contributed by atoms with Crippen LogP contribution < -0.4 is 5.06 Å². The van der Waals surface area contributed by atoms with Crippen LogP contribution in [0, 0.1) is 21.4 Å². The van der Waals surface area contributed by atoms with Crippen LogP contribution in [0.25, 0.3) is 0 Å². The fourth-order valence-electron chi connectivity index (χ4n) is 2.66. The predicted molar refractivity (Wildman–Crippen MR) is 85.2 cm³/mol. The van der Waals surface area contributed by atoms with Gasteiger partial charge in [0.15, 0.2) is 6.10 Å². The highest BCUT2D eigenvalue weighted by atomic mass is 16.7. The molecule has 7 heteroatoms. The van der Waals surface area contributed by atoms with Crippen LogP contribution >= 0.6 is 0 Å². The number of nitro benzene ring substituents is 1. The number of aldehydes is 1. The van der Waals surface area contributed by atoms with E-state index >= 15 is 0 Å². The molecule has 24 heavy (non-hydrogen) atoms. The number of carbonyl (C=O) groups excluding carboxylic acids is 1. The Balaban J connectivity index is 1.92. The topological polar surface area (TPSA) is 96.5 Å². The quantitative estimate of drug-likeness (QED) is 0.487. The Labute approximate surface area is 137 Å². The van der Waals surface area contributed by atoms with Crippen molar-refractivity contribution in [2.45, 2.75) is 18.6 Å². The molecule has 3 rings (SSSR count). The van der Waals surface area contributed by atoms with Crippen molar-refractivity contribution in [2.75, 3.05) is 5.06 Å². The molecule has 1 aliphatic rings. The number of nitrogens with zero attached hydrogens (tertiary/aromatic N) is 3. The molecule has 0 saturated carbocycles. The van der Waals surface area contributed by atoms with Crippen molar-refractivity contribution in [3.63, 3.8) is 0 Å². The van der Waals surface area contributed by atoms with Gasteiger partial charge in [-0.25, -0.2) is 5.06 Å². The van der Waals surface area contributed by atoms with Gasteiger partial charge in [0.05, 0.1) is 22.7 Å². The predicted octanol–water partition coefficient (Wildman–Crippen LogP) is 3.18. The van der Waals surface area contributed by atoms with E-state index < -0.39 is 11.0 Å². The molecular formula is C17H13N3O4. The largest absolute Gasteiger partial charge is 0.298 e. The van der Waals surface area contributed by atoms with Gasteiger partial charge in [0.2, 0.25) is 0 Å². The van der Waals surface area contributed by atoms with E-state index in [-0.39, 0.29) is 11.7 Å². The third-order valence-corrected chi connectivity index (χ3v) is 3.88. The minimum Gasteiger partial charge on any atom is -0.298 e. The van der Waals surface area contributed by atoms with Gasteiger partial charge < -0.3 is 0 Å². The molecule has 1 aliphatic heterocycles. The third-order valence-electron chi connectivity index (χ3n) is 3.88. The molecule has 2 atom stereocenters. The maximum atomic E-state index is 10.8. The van der Waals surface area contributed by atoms with Crippen LogP contribution in [0.5, 0.6) is 0 Å². The molecule has 1 fully saturated rings. The molecule has 2 unspecified atom stereocenters. The van der Waals surface area contributed by atoms with Gasteiger partial charge in [-0.2, -0.15) is 5.26 Å². The van der Waals surface area contributed by atoms with Gasteiger partial charge in [0.25, 0.3) is 5.69 Å². The lowest BCUT2D eigenvalue weighted by atomic mass is 10.0. The number of rotatable bonds is 4. The van der Waals surface area contributed by atoms with Crippen molar-refractivity contribution >= 4 is 17.7 Å². The van der Waals surface area contributed by atoms with Crippen LogP contribution in [0.3, 0.4) is 0 Å². The number of hydrogen-bond donors (Lipinski definition) is 0. The zero-order valence-electron chi connectivity index (χ0n) is 12.5. The molecule has 0 radical (unpaired) electrons. The lowest BCUT2D eigenvalue weighted by Gasteiger charge is -2.24. The van der Waals surface area contributed by atoms with E-state index in [1.165, 1.54) is 12.1 Å². The molecule has 0 aromatic heterocycles. The number of nitro groups is 1. The van der Waals surface area contributed by atoms with E-state index in [0.29, 0.717) is 17.7 Å². The van der Waals surface area contributed by atoms with Crippen LogP contribution in [-0.2, 0) is 4.84 Å². The van der Waals surface area contributed by atoms with E-state index in [1.54, 1.807) is 41.5 Å². The zero-order valence-corrected chi connectivity index (χ0v) is 12.5. The van der Waals surface area contributed by atoms with Crippen LogP contribution in [-0.4, -0.2) is 17.3 Å². The fraction of sp³-hybridized carbons (Fsp3) is 0.176. The second kappa shape index (κ2) is 6.48. The zero-order chi connectivity index (χ0) is 17.1. The summed E-state index contributed by atoms with van der Waals surface area (Å²) in [6, 6.07) is 14.9. The van der Waals surface area contributed by atoms with E-state index in [0.717, 1.165) is 11.8 Å². The van der Waals surface area contributed by atoms with Crippen molar-refractivity contribution in [2.24, 2.45) is 0 Å². The summed E-state index contributed by atoms with van der Waals surface area (Å²) >= 11 is 0. The second-order valence-electron chi connectivity index (χ2n) is 5.36. The summed E-state index contributed by atoms with van der Waals surface area (Å²) in [7, 11) is 0. The van der Waals surface area contributed by atoms with Crippen LogP contribution in [0.1, 0.15) is 28.4 Å². The van der Waals surface area contributed by atoms with Gasteiger partial charge in [-0.15, -0.1) is 0 Å². The summed E-state index contributed by atoms with van der Waals surface area (Å²) in [6.07, 6.45) is 0.598. The van der Waals surface area contributed by atoms with Crippen molar-refractivity contribution in [1.29, 1.82) is 5.26 Å². The molecule has 2 aromatic rings. The Kier molecular flexibility index (Phi) is 4.22. The summed E-state index contributed by atoms with van der Waals surface area (Å²) in [4.78, 5) is 26.8. The Bertz CT molecular complexity index is 796. The lowest BCUT2D eigenvalue weighted by Crippen LogP contribution is -2.21. The standard InChI is InChI=1S/C17H13N3O4/c18-10-16-9-17(13-3-7-15(8-4-13)20(22)23)19(24-16)14-5-1-12(11-21)2-6-14/h1-8,11,16-17H,9H2. The molecule has 7 nitrogen and oxygen atoms in total. The minimum atomic E-state index is -0.601. The van der Waals surface area contributed by atoms with E-state index in [9.17, 15) is 14.9 Å². The third kappa shape index (κ3) is 2.95. The smallest absolute Gasteiger partial charge is 0.269 e. The Morgan fingerprint density at radius 3 is 2.42 bits per heavy atom. The van der Waals surface area contributed by atoms with Gasteiger partial charge in [0, 0.05) is 24.1 Å². The number of carbonyl (C=O) groups is 1. The number of non-ortho nitro benzene ring substituents is 1. The summed E-state index contributed by atoms with van der Waals surface area (Å²) < 4.78 is 0. The van der Waals surface area contributed by atoms with Gasteiger partial charge in [-0.3, -0.25) is 19.7 Å². The summed E-state index contributed by atoms with van der Waals surface area (Å²) in [6.45, 7) is 0. The average molecular weight is 323 g/mol. The summed E-state index contributed by atoms with van der Waals surface area (Å²) in [5.41, 5.74) is 2.08. The SMILES string of the molecule is N#CC1CC(c2ccc([N+](=O)[O-])cc2)N(c2ccc(C=O)cc2)O1. The monoisotopic (exact) mass is 323 g/mol. The van der Waals surface area contributed by atoms with Gasteiger partial charge >= 0.3 is 0 Å². The van der Waals surface area contributed by atoms with Crippen LogP contribution in [0.4, 0.5) is 11.4 Å². The molecule has 2 aromatic carbocycles. The van der Waals surface area contributed by atoms with Crippen molar-refractivity contribution in [1.82, 2.24) is 0 Å². The highest BCUT2D eigenvalue weighted by Crippen LogP contribution is 2.38. The van der Waals surface area contributed by atoms with Crippen molar-refractivity contribution < 1.29 is 14.6 Å². The first-order valence-corrected chi connectivity index (χ1v) is 7.27. The lowest BCUT2D eigenvalue weighted by molar-refractivity contribution is -0.384. The highest BCUT2D eigenvalue weighted by molar-refractivity contribution is 5.75. The van der Waals surface area contributed by atoms with E-state index in [2.05, 4.69) is 6.07 Å². The molecule has 120 valence electrons. The van der Waals surface area contributed by atoms with Gasteiger partial charge in [-0.1, -0.05) is 12.1 Å². The van der Waals surface area contributed by atoms with E-state index in [4.69, 9.17) is 10.1 Å². The normalized spacial score (nSPS) is 19.7. The van der Waals surface area contributed by atoms with Crippen molar-refractivity contribution in [3.8, 4) is 6.07 Å². The van der Waals surface area contributed by atoms with Crippen LogP contribution in [0.15, 0.2) is 48.5 Å². The Hall–Kier alpha value is -3.24. The fourth-order valence-corrected chi connectivity index (χ4v) is 2.66. The van der Waals surface area contributed by atoms with Crippen LogP contribution in [0.2, 0.25) is 0 Å². The van der Waals surface area contributed by atoms with Gasteiger partial charge in [0.1, 0.15) is 6.29 Å². The molecule has 1 heterocycles. The molecule has 0 aliphatic carbocycles. The Morgan fingerprint density at radius 1 is 1.21 bits per heavy atom. The summed E-state index contributed by atoms with van der Waals surface area (Å²) in [5, 5.41) is 21.5. The van der Waals surface area contributed by atoms with Gasteiger partial charge in [-0.05, 0) is 29.8 Å². The average Bonchev–Trinajstić information content (AvgIpc) is 3.06. The summed E-state index contributed by atoms with van der Waals surface area (Å²) in [5.74, 6) is 0.